The molecular formula is C12H18N8O. The van der Waals surface area contributed by atoms with Crippen molar-refractivity contribution in [2.75, 3.05) is 24.8 Å². The van der Waals surface area contributed by atoms with Gasteiger partial charge in [0.25, 0.3) is 5.95 Å². The third kappa shape index (κ3) is 2.92. The Morgan fingerprint density at radius 3 is 2.81 bits per heavy atom. The minimum Gasteiger partial charge on any atom is -0.379 e. The fourth-order valence-electron chi connectivity index (χ4n) is 2.49. The van der Waals surface area contributed by atoms with Crippen molar-refractivity contribution in [1.82, 2.24) is 29.7 Å². The van der Waals surface area contributed by atoms with Gasteiger partial charge in [-0.25, -0.2) is 4.98 Å². The van der Waals surface area contributed by atoms with Gasteiger partial charge < -0.3 is 15.4 Å². The van der Waals surface area contributed by atoms with E-state index in [1.54, 1.807) is 20.5 Å². The molecule has 0 aromatic carbocycles. The van der Waals surface area contributed by atoms with Gasteiger partial charge in [0, 0.05) is 14.2 Å². The van der Waals surface area contributed by atoms with E-state index >= 15 is 0 Å². The minimum absolute atomic E-state index is 0.189. The third-order valence-electron chi connectivity index (χ3n) is 3.54. The first kappa shape index (κ1) is 13.7. The van der Waals surface area contributed by atoms with Crippen LogP contribution in [0.3, 0.4) is 0 Å². The maximum atomic E-state index is 5.48. The smallest absolute Gasteiger partial charge is 0.258 e. The average Bonchev–Trinajstić information content (AvgIpc) is 3.18. The van der Waals surface area contributed by atoms with E-state index in [0.29, 0.717) is 17.8 Å². The number of hydrogen-bond acceptors (Lipinski definition) is 8. The lowest BCUT2D eigenvalue weighted by Gasteiger charge is -2.19. The molecule has 2 aromatic heterocycles. The van der Waals surface area contributed by atoms with Crippen LogP contribution in [0, 0.1) is 0 Å². The number of nitrogens with one attached hydrogen (secondary N) is 2. The molecule has 0 saturated heterocycles. The van der Waals surface area contributed by atoms with Crippen LogP contribution in [0.2, 0.25) is 0 Å². The standard InChI is InChI=1S/C12H18N8O/c1-13-10-17-11(16-8-4-3-5-9(8)21-2)19-12(18-10)20-7-14-6-15-20/h6-9H,3-5H2,1-2H3,(H2,13,16,17,18,19). The second-order valence-electron chi connectivity index (χ2n) is 4.83. The largest absolute Gasteiger partial charge is 0.379 e. The van der Waals surface area contributed by atoms with Crippen LogP contribution in [0.25, 0.3) is 5.95 Å². The number of methoxy groups -OCH3 is 1. The Balaban J connectivity index is 1.86. The molecule has 2 atom stereocenters. The SMILES string of the molecule is CNc1nc(NC2CCCC2OC)nc(-n2cncn2)n1. The number of rotatable bonds is 5. The van der Waals surface area contributed by atoms with Crippen LogP contribution in [0.1, 0.15) is 19.3 Å². The summed E-state index contributed by atoms with van der Waals surface area (Å²) in [6.45, 7) is 0. The van der Waals surface area contributed by atoms with Gasteiger partial charge in [0.2, 0.25) is 11.9 Å². The van der Waals surface area contributed by atoms with E-state index in [0.717, 1.165) is 19.3 Å². The van der Waals surface area contributed by atoms with Gasteiger partial charge in [-0.1, -0.05) is 0 Å². The van der Waals surface area contributed by atoms with Crippen LogP contribution in [-0.4, -0.2) is 56.0 Å². The van der Waals surface area contributed by atoms with E-state index in [9.17, 15) is 0 Å². The molecule has 0 amide bonds. The highest BCUT2D eigenvalue weighted by Crippen LogP contribution is 2.24. The summed E-state index contributed by atoms with van der Waals surface area (Å²) in [6.07, 6.45) is 6.40. The highest BCUT2D eigenvalue weighted by atomic mass is 16.5. The quantitative estimate of drug-likeness (QED) is 0.819. The Morgan fingerprint density at radius 1 is 1.24 bits per heavy atom. The molecule has 9 nitrogen and oxygen atoms in total. The summed E-state index contributed by atoms with van der Waals surface area (Å²) in [4.78, 5) is 16.9. The average molecular weight is 290 g/mol. The molecule has 0 radical (unpaired) electrons. The van der Waals surface area contributed by atoms with E-state index in [1.165, 1.54) is 11.0 Å². The maximum Gasteiger partial charge on any atom is 0.258 e. The molecule has 3 rings (SSSR count). The van der Waals surface area contributed by atoms with Crippen LogP contribution in [0.4, 0.5) is 11.9 Å². The fourth-order valence-corrected chi connectivity index (χ4v) is 2.49. The lowest BCUT2D eigenvalue weighted by Crippen LogP contribution is -2.31. The lowest BCUT2D eigenvalue weighted by atomic mass is 10.2. The van der Waals surface area contributed by atoms with E-state index < -0.39 is 0 Å². The summed E-state index contributed by atoms with van der Waals surface area (Å²) in [7, 11) is 3.50. The number of ether oxygens (including phenoxy) is 1. The van der Waals surface area contributed by atoms with E-state index in [2.05, 4.69) is 35.7 Å². The van der Waals surface area contributed by atoms with Gasteiger partial charge in [-0.05, 0) is 19.3 Å². The molecular weight excluding hydrogens is 272 g/mol. The van der Waals surface area contributed by atoms with Gasteiger partial charge in [-0.15, -0.1) is 0 Å². The molecule has 2 N–H and O–H groups in total. The van der Waals surface area contributed by atoms with Gasteiger partial charge in [-0.2, -0.15) is 24.7 Å². The Morgan fingerprint density at radius 2 is 2.10 bits per heavy atom. The maximum absolute atomic E-state index is 5.48. The molecule has 1 aliphatic carbocycles. The van der Waals surface area contributed by atoms with Crippen LogP contribution < -0.4 is 10.6 Å². The molecule has 112 valence electrons. The van der Waals surface area contributed by atoms with Crippen LogP contribution in [-0.2, 0) is 4.74 Å². The van der Waals surface area contributed by atoms with Crippen molar-refractivity contribution < 1.29 is 4.74 Å². The highest BCUT2D eigenvalue weighted by molar-refractivity contribution is 5.38. The molecule has 0 aliphatic heterocycles. The van der Waals surface area contributed by atoms with Gasteiger partial charge >= 0.3 is 0 Å². The predicted octanol–water partition coefficient (Wildman–Crippen LogP) is 0.473. The molecule has 1 saturated carbocycles. The second kappa shape index (κ2) is 6.00. The lowest BCUT2D eigenvalue weighted by molar-refractivity contribution is 0.101. The summed E-state index contributed by atoms with van der Waals surface area (Å²) in [5.74, 6) is 1.40. The van der Waals surface area contributed by atoms with E-state index in [1.807, 2.05) is 0 Å². The Labute approximate surface area is 122 Å². The summed E-state index contributed by atoms with van der Waals surface area (Å²) < 4.78 is 6.97. The Bertz CT molecular complexity index is 587. The number of aromatic nitrogens is 6. The monoisotopic (exact) mass is 290 g/mol. The van der Waals surface area contributed by atoms with Gasteiger partial charge in [0.05, 0.1) is 12.1 Å². The first-order chi connectivity index (χ1) is 10.3. The number of hydrogen-bond donors (Lipinski definition) is 2. The summed E-state index contributed by atoms with van der Waals surface area (Å²) >= 11 is 0. The zero-order valence-corrected chi connectivity index (χ0v) is 12.0. The summed E-state index contributed by atoms with van der Waals surface area (Å²) in [5.41, 5.74) is 0. The van der Waals surface area contributed by atoms with E-state index in [4.69, 9.17) is 4.74 Å². The fraction of sp³-hybridized carbons (Fsp3) is 0.583. The molecule has 2 aromatic rings. The molecule has 2 heterocycles. The van der Waals surface area contributed by atoms with Crippen molar-refractivity contribution in [3.8, 4) is 5.95 Å². The first-order valence-corrected chi connectivity index (χ1v) is 6.88. The number of nitrogens with zero attached hydrogens (tertiary/aromatic N) is 6. The van der Waals surface area contributed by atoms with Gasteiger partial charge in [-0.3, -0.25) is 0 Å². The molecule has 0 bridgehead atoms. The summed E-state index contributed by atoms with van der Waals surface area (Å²) in [6, 6.07) is 0.214. The van der Waals surface area contributed by atoms with Crippen LogP contribution in [0.5, 0.6) is 0 Å². The topological polar surface area (TPSA) is 103 Å². The van der Waals surface area contributed by atoms with Crippen molar-refractivity contribution in [2.45, 2.75) is 31.4 Å². The zero-order valence-electron chi connectivity index (χ0n) is 12.0. The van der Waals surface area contributed by atoms with Crippen molar-refractivity contribution in [3.63, 3.8) is 0 Å². The van der Waals surface area contributed by atoms with Gasteiger partial charge in [0.1, 0.15) is 12.7 Å². The van der Waals surface area contributed by atoms with Crippen molar-refractivity contribution in [2.24, 2.45) is 0 Å². The molecule has 21 heavy (non-hydrogen) atoms. The van der Waals surface area contributed by atoms with Crippen molar-refractivity contribution in [1.29, 1.82) is 0 Å². The second-order valence-corrected chi connectivity index (χ2v) is 4.83. The third-order valence-corrected chi connectivity index (χ3v) is 3.54. The predicted molar refractivity (Wildman–Crippen MR) is 76.3 cm³/mol. The Hall–Kier alpha value is -2.29. The van der Waals surface area contributed by atoms with E-state index in [-0.39, 0.29) is 12.1 Å². The van der Waals surface area contributed by atoms with Crippen molar-refractivity contribution in [3.05, 3.63) is 12.7 Å². The molecule has 2 unspecified atom stereocenters. The highest BCUT2D eigenvalue weighted by Gasteiger charge is 2.27. The normalized spacial score (nSPS) is 21.4. The van der Waals surface area contributed by atoms with Crippen LogP contribution in [0.15, 0.2) is 12.7 Å². The summed E-state index contributed by atoms with van der Waals surface area (Å²) in [5, 5.41) is 10.3. The minimum atomic E-state index is 0.189. The zero-order chi connectivity index (χ0) is 14.7. The molecule has 0 spiro atoms. The Kier molecular flexibility index (Phi) is 3.91. The first-order valence-electron chi connectivity index (χ1n) is 6.88. The molecule has 1 aliphatic rings. The molecule has 1 fully saturated rings. The molecule has 9 heteroatoms. The van der Waals surface area contributed by atoms with Crippen LogP contribution >= 0.6 is 0 Å². The van der Waals surface area contributed by atoms with Crippen molar-refractivity contribution >= 4 is 11.9 Å². The van der Waals surface area contributed by atoms with Gasteiger partial charge in [0.15, 0.2) is 0 Å². The number of anilines is 2.